The van der Waals surface area contributed by atoms with Crippen LogP contribution in [0.5, 0.6) is 0 Å². The third-order valence-electron chi connectivity index (χ3n) is 2.56. The van der Waals surface area contributed by atoms with Crippen molar-refractivity contribution in [2.45, 2.75) is 33.1 Å². The zero-order chi connectivity index (χ0) is 11.2. The van der Waals surface area contributed by atoms with Crippen molar-refractivity contribution >= 4 is 22.6 Å². The molecule has 0 fully saturated rings. The number of fused-ring (bicyclic) bond motifs is 1. The average molecular weight is 223 g/mol. The molecule has 2 rings (SSSR count). The number of aryl methyl sites for hydroxylation is 1. The van der Waals surface area contributed by atoms with Crippen LogP contribution in [0.4, 0.5) is 0 Å². The highest BCUT2D eigenvalue weighted by atomic mass is 35.5. The fourth-order valence-electron chi connectivity index (χ4n) is 1.67. The summed E-state index contributed by atoms with van der Waals surface area (Å²) in [6, 6.07) is 6.17. The van der Waals surface area contributed by atoms with Crippen molar-refractivity contribution in [3.8, 4) is 0 Å². The van der Waals surface area contributed by atoms with Gasteiger partial charge < -0.3 is 4.42 Å². The first kappa shape index (κ1) is 10.6. The first-order chi connectivity index (χ1) is 6.88. The highest BCUT2D eigenvalue weighted by Gasteiger charge is 2.17. The third kappa shape index (κ3) is 1.89. The maximum atomic E-state index is 6.19. The lowest BCUT2D eigenvalue weighted by atomic mass is 9.86. The van der Waals surface area contributed by atoms with Crippen LogP contribution in [-0.4, -0.2) is 0 Å². The van der Waals surface area contributed by atoms with Gasteiger partial charge in [-0.05, 0) is 36.1 Å². The Morgan fingerprint density at radius 2 is 1.80 bits per heavy atom. The smallest absolute Gasteiger partial charge is 0.152 e. The molecule has 0 aliphatic rings. The quantitative estimate of drug-likeness (QED) is 0.630. The molecule has 0 amide bonds. The van der Waals surface area contributed by atoms with Crippen LogP contribution in [0.15, 0.2) is 22.6 Å². The molecule has 2 heteroatoms. The van der Waals surface area contributed by atoms with Gasteiger partial charge in [-0.3, -0.25) is 0 Å². The number of benzene rings is 1. The Balaban J connectivity index is 2.72. The normalized spacial score (nSPS) is 12.3. The molecule has 0 unspecified atom stereocenters. The van der Waals surface area contributed by atoms with E-state index in [9.17, 15) is 0 Å². The van der Waals surface area contributed by atoms with Gasteiger partial charge in [-0.1, -0.05) is 32.4 Å². The van der Waals surface area contributed by atoms with Gasteiger partial charge in [0, 0.05) is 5.39 Å². The van der Waals surface area contributed by atoms with Crippen LogP contribution in [0.3, 0.4) is 0 Å². The van der Waals surface area contributed by atoms with Gasteiger partial charge in [0.2, 0.25) is 0 Å². The Morgan fingerprint density at radius 1 is 1.13 bits per heavy atom. The molecule has 1 aromatic carbocycles. The van der Waals surface area contributed by atoms with E-state index < -0.39 is 0 Å². The number of rotatable bonds is 0. The molecule has 0 bridgehead atoms. The number of hydrogen-bond donors (Lipinski definition) is 0. The summed E-state index contributed by atoms with van der Waals surface area (Å²) in [6.07, 6.45) is 0. The van der Waals surface area contributed by atoms with Gasteiger partial charge in [-0.15, -0.1) is 0 Å². The molecule has 0 aliphatic heterocycles. The fourth-order valence-corrected chi connectivity index (χ4v) is 1.94. The SMILES string of the molecule is Cc1cc2cc(C(C)(C)C)cc(Cl)c2o1. The first-order valence-corrected chi connectivity index (χ1v) is 5.46. The monoisotopic (exact) mass is 222 g/mol. The maximum absolute atomic E-state index is 6.19. The van der Waals surface area contributed by atoms with Crippen LogP contribution >= 0.6 is 11.6 Å². The maximum Gasteiger partial charge on any atom is 0.152 e. The van der Waals surface area contributed by atoms with Crippen molar-refractivity contribution < 1.29 is 4.42 Å². The van der Waals surface area contributed by atoms with Crippen LogP contribution < -0.4 is 0 Å². The third-order valence-corrected chi connectivity index (χ3v) is 2.84. The van der Waals surface area contributed by atoms with Gasteiger partial charge in [-0.2, -0.15) is 0 Å². The fraction of sp³-hybridized carbons (Fsp3) is 0.385. The summed E-state index contributed by atoms with van der Waals surface area (Å²) in [6.45, 7) is 8.47. The van der Waals surface area contributed by atoms with Crippen molar-refractivity contribution in [1.82, 2.24) is 0 Å². The Morgan fingerprint density at radius 3 is 2.40 bits per heavy atom. The molecule has 1 aromatic heterocycles. The molecule has 0 aliphatic carbocycles. The minimum Gasteiger partial charge on any atom is -0.460 e. The van der Waals surface area contributed by atoms with E-state index in [1.807, 2.05) is 19.1 Å². The molecule has 0 spiro atoms. The highest BCUT2D eigenvalue weighted by Crippen LogP contribution is 2.33. The molecule has 15 heavy (non-hydrogen) atoms. The number of furan rings is 1. The second-order valence-electron chi connectivity index (χ2n) is 4.98. The molecule has 2 aromatic rings. The van der Waals surface area contributed by atoms with E-state index >= 15 is 0 Å². The lowest BCUT2D eigenvalue weighted by Gasteiger charge is -2.19. The van der Waals surface area contributed by atoms with Crippen LogP contribution in [0.1, 0.15) is 32.1 Å². The molecule has 1 heterocycles. The average Bonchev–Trinajstić information content (AvgIpc) is 2.44. The minimum absolute atomic E-state index is 0.114. The van der Waals surface area contributed by atoms with Crippen LogP contribution in [0.2, 0.25) is 5.02 Å². The molecule has 0 radical (unpaired) electrons. The van der Waals surface area contributed by atoms with Crippen molar-refractivity contribution in [2.24, 2.45) is 0 Å². The van der Waals surface area contributed by atoms with Crippen molar-refractivity contribution in [2.75, 3.05) is 0 Å². The largest absolute Gasteiger partial charge is 0.460 e. The van der Waals surface area contributed by atoms with Gasteiger partial charge in [0.1, 0.15) is 5.76 Å². The van der Waals surface area contributed by atoms with Gasteiger partial charge in [0.15, 0.2) is 5.58 Å². The Labute approximate surface area is 95.0 Å². The second-order valence-corrected chi connectivity index (χ2v) is 5.39. The summed E-state index contributed by atoms with van der Waals surface area (Å²) in [5.74, 6) is 0.901. The lowest BCUT2D eigenvalue weighted by Crippen LogP contribution is -2.10. The predicted molar refractivity (Wildman–Crippen MR) is 64.7 cm³/mol. The van der Waals surface area contributed by atoms with E-state index in [-0.39, 0.29) is 5.41 Å². The van der Waals surface area contributed by atoms with Crippen LogP contribution in [0, 0.1) is 6.92 Å². The Hall–Kier alpha value is -0.950. The van der Waals surface area contributed by atoms with Gasteiger partial charge >= 0.3 is 0 Å². The summed E-state index contributed by atoms with van der Waals surface area (Å²) in [7, 11) is 0. The molecule has 0 saturated carbocycles. The summed E-state index contributed by atoms with van der Waals surface area (Å²) in [4.78, 5) is 0. The molecule has 0 saturated heterocycles. The molecular formula is C13H15ClO. The van der Waals surface area contributed by atoms with Gasteiger partial charge in [0.25, 0.3) is 0 Å². The van der Waals surface area contributed by atoms with Crippen LogP contribution in [-0.2, 0) is 5.41 Å². The topological polar surface area (TPSA) is 13.1 Å². The predicted octanol–water partition coefficient (Wildman–Crippen LogP) is 4.69. The first-order valence-electron chi connectivity index (χ1n) is 5.08. The standard InChI is InChI=1S/C13H15ClO/c1-8-5-9-6-10(13(2,3)4)7-11(14)12(9)15-8/h5-7H,1-4H3. The highest BCUT2D eigenvalue weighted by molar-refractivity contribution is 6.34. The van der Waals surface area contributed by atoms with E-state index in [1.54, 1.807) is 0 Å². The van der Waals surface area contributed by atoms with E-state index in [4.69, 9.17) is 16.0 Å². The van der Waals surface area contributed by atoms with E-state index in [2.05, 4.69) is 26.8 Å². The zero-order valence-corrected chi connectivity index (χ0v) is 10.3. The number of halogens is 1. The summed E-state index contributed by atoms with van der Waals surface area (Å²) >= 11 is 6.19. The van der Waals surface area contributed by atoms with Crippen molar-refractivity contribution in [3.05, 3.63) is 34.5 Å². The summed E-state index contributed by atoms with van der Waals surface area (Å²) < 4.78 is 5.53. The summed E-state index contributed by atoms with van der Waals surface area (Å²) in [5.41, 5.74) is 2.14. The minimum atomic E-state index is 0.114. The molecule has 1 nitrogen and oxygen atoms in total. The number of hydrogen-bond acceptors (Lipinski definition) is 1. The van der Waals surface area contributed by atoms with Crippen molar-refractivity contribution in [1.29, 1.82) is 0 Å². The van der Waals surface area contributed by atoms with E-state index in [0.29, 0.717) is 5.02 Å². The second kappa shape index (κ2) is 3.28. The van der Waals surface area contributed by atoms with Crippen LogP contribution in [0.25, 0.3) is 11.0 Å². The molecular weight excluding hydrogens is 208 g/mol. The van der Waals surface area contributed by atoms with Crippen molar-refractivity contribution in [3.63, 3.8) is 0 Å². The van der Waals surface area contributed by atoms with E-state index in [1.165, 1.54) is 5.56 Å². The lowest BCUT2D eigenvalue weighted by molar-refractivity contribution is 0.576. The molecule has 0 atom stereocenters. The molecule has 80 valence electrons. The Bertz CT molecular complexity index is 503. The van der Waals surface area contributed by atoms with E-state index in [0.717, 1.165) is 16.7 Å². The van der Waals surface area contributed by atoms with Gasteiger partial charge in [0.05, 0.1) is 5.02 Å². The zero-order valence-electron chi connectivity index (χ0n) is 9.52. The van der Waals surface area contributed by atoms with Gasteiger partial charge in [-0.25, -0.2) is 0 Å². The molecule has 0 N–H and O–H groups in total. The Kier molecular flexibility index (Phi) is 2.31. The summed E-state index contributed by atoms with van der Waals surface area (Å²) in [5, 5.41) is 1.79.